The largest absolute Gasteiger partial charge is 0.323 e. The predicted octanol–water partition coefficient (Wildman–Crippen LogP) is 3.85. The second-order valence-corrected chi connectivity index (χ2v) is 5.56. The van der Waals surface area contributed by atoms with Gasteiger partial charge in [-0.05, 0) is 48.6 Å². The van der Waals surface area contributed by atoms with Gasteiger partial charge in [0.05, 0.1) is 0 Å². The van der Waals surface area contributed by atoms with E-state index in [0.29, 0.717) is 5.92 Å². The fraction of sp³-hybridized carbons (Fsp3) is 0.312. The smallest absolute Gasteiger partial charge is 0.0485 e. The van der Waals surface area contributed by atoms with Gasteiger partial charge in [-0.25, -0.2) is 0 Å². The molecule has 1 aromatic heterocycles. The van der Waals surface area contributed by atoms with Crippen LogP contribution < -0.4 is 5.73 Å². The van der Waals surface area contributed by atoms with Gasteiger partial charge >= 0.3 is 0 Å². The molecule has 2 N–H and O–H groups in total. The van der Waals surface area contributed by atoms with E-state index in [-0.39, 0.29) is 6.04 Å². The molecule has 2 aromatic rings. The molecule has 2 nitrogen and oxygen atoms in total. The summed E-state index contributed by atoms with van der Waals surface area (Å²) in [5, 5.41) is 0.741. The summed E-state index contributed by atoms with van der Waals surface area (Å²) in [6.45, 7) is 0. The SMILES string of the molecule is NC(c1cccc(Cl)c1)C1CCCc2cccnc21. The highest BCUT2D eigenvalue weighted by Gasteiger charge is 2.27. The lowest BCUT2D eigenvalue weighted by Crippen LogP contribution is -2.24. The molecule has 0 fully saturated rings. The fourth-order valence-corrected chi connectivity index (χ4v) is 3.14. The number of hydrogen-bond acceptors (Lipinski definition) is 2. The van der Waals surface area contributed by atoms with Crippen molar-refractivity contribution in [3.05, 3.63) is 64.4 Å². The number of benzene rings is 1. The van der Waals surface area contributed by atoms with E-state index in [2.05, 4.69) is 11.1 Å². The molecule has 0 radical (unpaired) electrons. The Kier molecular flexibility index (Phi) is 3.54. The molecule has 0 bridgehead atoms. The normalized spacial score (nSPS) is 19.8. The monoisotopic (exact) mass is 272 g/mol. The second kappa shape index (κ2) is 5.32. The quantitative estimate of drug-likeness (QED) is 0.902. The first-order chi connectivity index (χ1) is 9.25. The Hall–Kier alpha value is -1.38. The maximum Gasteiger partial charge on any atom is 0.0485 e. The number of aromatic nitrogens is 1. The minimum absolute atomic E-state index is 0.0346. The summed E-state index contributed by atoms with van der Waals surface area (Å²) >= 11 is 6.06. The van der Waals surface area contributed by atoms with Crippen LogP contribution in [0.2, 0.25) is 5.02 Å². The number of nitrogens with zero attached hydrogens (tertiary/aromatic N) is 1. The molecule has 19 heavy (non-hydrogen) atoms. The molecule has 1 heterocycles. The Morgan fingerprint density at radius 2 is 2.16 bits per heavy atom. The summed E-state index contributed by atoms with van der Waals surface area (Å²) in [5.74, 6) is 0.295. The summed E-state index contributed by atoms with van der Waals surface area (Å²) in [4.78, 5) is 4.56. The summed E-state index contributed by atoms with van der Waals surface area (Å²) in [6, 6.07) is 12.0. The number of halogens is 1. The van der Waals surface area contributed by atoms with Gasteiger partial charge in [-0.2, -0.15) is 0 Å². The van der Waals surface area contributed by atoms with Crippen molar-refractivity contribution in [1.82, 2.24) is 4.98 Å². The van der Waals surface area contributed by atoms with Crippen molar-refractivity contribution in [1.29, 1.82) is 0 Å². The van der Waals surface area contributed by atoms with Gasteiger partial charge in [-0.15, -0.1) is 0 Å². The van der Waals surface area contributed by atoms with Gasteiger partial charge in [0, 0.05) is 28.9 Å². The van der Waals surface area contributed by atoms with Crippen LogP contribution in [0.5, 0.6) is 0 Å². The van der Waals surface area contributed by atoms with Crippen molar-refractivity contribution in [3.8, 4) is 0 Å². The Balaban J connectivity index is 1.95. The number of nitrogens with two attached hydrogens (primary N) is 1. The van der Waals surface area contributed by atoms with Gasteiger partial charge in [0.2, 0.25) is 0 Å². The summed E-state index contributed by atoms with van der Waals surface area (Å²) in [6.07, 6.45) is 5.25. The minimum Gasteiger partial charge on any atom is -0.323 e. The average Bonchev–Trinajstić information content (AvgIpc) is 2.46. The maximum atomic E-state index is 6.45. The molecule has 3 heteroatoms. The molecule has 98 valence electrons. The number of rotatable bonds is 2. The van der Waals surface area contributed by atoms with E-state index >= 15 is 0 Å². The van der Waals surface area contributed by atoms with Gasteiger partial charge in [-0.1, -0.05) is 29.8 Å². The molecule has 0 amide bonds. The fourth-order valence-electron chi connectivity index (χ4n) is 2.94. The lowest BCUT2D eigenvalue weighted by molar-refractivity contribution is 0.463. The molecule has 2 unspecified atom stereocenters. The Morgan fingerprint density at radius 3 is 3.00 bits per heavy atom. The molecule has 0 saturated carbocycles. The number of aryl methyl sites for hydroxylation is 1. The number of hydrogen-bond donors (Lipinski definition) is 1. The van der Waals surface area contributed by atoms with E-state index in [4.69, 9.17) is 17.3 Å². The van der Waals surface area contributed by atoms with E-state index in [9.17, 15) is 0 Å². The summed E-state index contributed by atoms with van der Waals surface area (Å²) in [7, 11) is 0. The summed E-state index contributed by atoms with van der Waals surface area (Å²) < 4.78 is 0. The molecule has 3 rings (SSSR count). The van der Waals surface area contributed by atoms with Crippen molar-refractivity contribution in [3.63, 3.8) is 0 Å². The van der Waals surface area contributed by atoms with Crippen LogP contribution in [-0.2, 0) is 6.42 Å². The average molecular weight is 273 g/mol. The third kappa shape index (κ3) is 2.51. The first-order valence-electron chi connectivity index (χ1n) is 6.70. The lowest BCUT2D eigenvalue weighted by atomic mass is 9.80. The molecule has 1 aliphatic carbocycles. The van der Waals surface area contributed by atoms with E-state index in [0.717, 1.165) is 23.4 Å². The zero-order valence-corrected chi connectivity index (χ0v) is 11.5. The highest BCUT2D eigenvalue weighted by atomic mass is 35.5. The predicted molar refractivity (Wildman–Crippen MR) is 78.3 cm³/mol. The van der Waals surface area contributed by atoms with Crippen LogP contribution >= 0.6 is 11.6 Å². The molecular weight excluding hydrogens is 256 g/mol. The first kappa shape index (κ1) is 12.6. The molecule has 0 aliphatic heterocycles. The van der Waals surface area contributed by atoms with Gasteiger partial charge in [0.1, 0.15) is 0 Å². The standard InChI is InChI=1S/C16H17ClN2/c17-13-7-1-5-12(10-13)15(18)14-8-2-4-11-6-3-9-19-16(11)14/h1,3,5-7,9-10,14-15H,2,4,8,18H2. The maximum absolute atomic E-state index is 6.45. The van der Waals surface area contributed by atoms with Crippen LogP contribution in [0, 0.1) is 0 Å². The minimum atomic E-state index is -0.0346. The van der Waals surface area contributed by atoms with Gasteiger partial charge in [-0.3, -0.25) is 4.98 Å². The van der Waals surface area contributed by atoms with Crippen LogP contribution in [0.4, 0.5) is 0 Å². The van der Waals surface area contributed by atoms with Crippen LogP contribution in [0.1, 0.15) is 41.6 Å². The van der Waals surface area contributed by atoms with E-state index in [1.165, 1.54) is 17.7 Å². The lowest BCUT2D eigenvalue weighted by Gasteiger charge is -2.29. The molecule has 0 spiro atoms. The molecule has 1 aromatic carbocycles. The zero-order valence-electron chi connectivity index (χ0n) is 10.7. The van der Waals surface area contributed by atoms with Crippen LogP contribution in [-0.4, -0.2) is 4.98 Å². The topological polar surface area (TPSA) is 38.9 Å². The van der Waals surface area contributed by atoms with Crippen LogP contribution in [0.25, 0.3) is 0 Å². The summed E-state index contributed by atoms with van der Waals surface area (Å²) in [5.41, 5.74) is 10.1. The zero-order chi connectivity index (χ0) is 13.2. The highest BCUT2D eigenvalue weighted by Crippen LogP contribution is 2.38. The van der Waals surface area contributed by atoms with Crippen molar-refractivity contribution < 1.29 is 0 Å². The van der Waals surface area contributed by atoms with E-state index < -0.39 is 0 Å². The molecular formula is C16H17ClN2. The van der Waals surface area contributed by atoms with Crippen LogP contribution in [0.15, 0.2) is 42.6 Å². The molecule has 1 aliphatic rings. The van der Waals surface area contributed by atoms with E-state index in [1.807, 2.05) is 36.5 Å². The van der Waals surface area contributed by atoms with Crippen molar-refractivity contribution in [2.75, 3.05) is 0 Å². The molecule has 2 atom stereocenters. The van der Waals surface area contributed by atoms with Crippen molar-refractivity contribution >= 4 is 11.6 Å². The van der Waals surface area contributed by atoms with Crippen molar-refractivity contribution in [2.24, 2.45) is 5.73 Å². The van der Waals surface area contributed by atoms with Crippen LogP contribution in [0.3, 0.4) is 0 Å². The second-order valence-electron chi connectivity index (χ2n) is 5.13. The number of fused-ring (bicyclic) bond motifs is 1. The third-order valence-corrected chi connectivity index (χ3v) is 4.14. The van der Waals surface area contributed by atoms with Gasteiger partial charge in [0.15, 0.2) is 0 Å². The Labute approximate surface area is 118 Å². The Bertz CT molecular complexity index is 582. The van der Waals surface area contributed by atoms with Gasteiger partial charge < -0.3 is 5.73 Å². The highest BCUT2D eigenvalue weighted by molar-refractivity contribution is 6.30. The van der Waals surface area contributed by atoms with E-state index in [1.54, 1.807) is 0 Å². The number of pyridine rings is 1. The molecule has 0 saturated heterocycles. The third-order valence-electron chi connectivity index (χ3n) is 3.91. The van der Waals surface area contributed by atoms with Crippen molar-refractivity contribution in [2.45, 2.75) is 31.2 Å². The Morgan fingerprint density at radius 1 is 1.26 bits per heavy atom. The first-order valence-corrected chi connectivity index (χ1v) is 7.08. The van der Waals surface area contributed by atoms with Gasteiger partial charge in [0.25, 0.3) is 0 Å².